The van der Waals surface area contributed by atoms with E-state index in [0.29, 0.717) is 0 Å². The van der Waals surface area contributed by atoms with Gasteiger partial charge in [0, 0.05) is 4.88 Å². The molecule has 0 radical (unpaired) electrons. The quantitative estimate of drug-likeness (QED) is 0.746. The summed E-state index contributed by atoms with van der Waals surface area (Å²) < 4.78 is -0.118. The van der Waals surface area contributed by atoms with Gasteiger partial charge in [0.1, 0.15) is 0 Å². The first-order valence-corrected chi connectivity index (χ1v) is 7.27. The SMILES string of the molecule is O=C(O)CSC(SCC(=O)O)c1cccs1. The number of thiophene rings is 1. The minimum absolute atomic E-state index is 0.0187. The van der Waals surface area contributed by atoms with E-state index in [9.17, 15) is 9.59 Å². The summed E-state index contributed by atoms with van der Waals surface area (Å²) in [6, 6.07) is 3.76. The molecule has 0 aliphatic heterocycles. The summed E-state index contributed by atoms with van der Waals surface area (Å²) >= 11 is 3.99. The summed E-state index contributed by atoms with van der Waals surface area (Å²) in [7, 11) is 0. The molecule has 1 heterocycles. The lowest BCUT2D eigenvalue weighted by Gasteiger charge is -2.11. The fraction of sp³-hybridized carbons (Fsp3) is 0.333. The van der Waals surface area contributed by atoms with Gasteiger partial charge in [-0.3, -0.25) is 9.59 Å². The van der Waals surface area contributed by atoms with Crippen LogP contribution in [0.25, 0.3) is 0 Å². The van der Waals surface area contributed by atoms with Crippen LogP contribution in [0.1, 0.15) is 9.46 Å². The van der Waals surface area contributed by atoms with Gasteiger partial charge in [-0.25, -0.2) is 0 Å². The number of carboxylic acids is 2. The fourth-order valence-electron chi connectivity index (χ4n) is 0.932. The van der Waals surface area contributed by atoms with Gasteiger partial charge in [-0.15, -0.1) is 34.9 Å². The highest BCUT2D eigenvalue weighted by molar-refractivity contribution is 8.17. The van der Waals surface area contributed by atoms with E-state index in [1.165, 1.54) is 34.9 Å². The summed E-state index contributed by atoms with van der Waals surface area (Å²) in [6.07, 6.45) is 0. The smallest absolute Gasteiger partial charge is 0.313 e. The Morgan fingerprint density at radius 2 is 1.81 bits per heavy atom. The summed E-state index contributed by atoms with van der Waals surface area (Å²) in [5.74, 6) is -1.81. The fourth-order valence-corrected chi connectivity index (χ4v) is 4.12. The first-order valence-electron chi connectivity index (χ1n) is 4.30. The Labute approximate surface area is 105 Å². The van der Waals surface area contributed by atoms with Crippen molar-refractivity contribution in [2.45, 2.75) is 4.58 Å². The van der Waals surface area contributed by atoms with Crippen molar-refractivity contribution < 1.29 is 19.8 Å². The van der Waals surface area contributed by atoms with Crippen LogP contribution in [0.2, 0.25) is 0 Å². The molecule has 0 atom stereocenters. The maximum absolute atomic E-state index is 10.5. The second-order valence-electron chi connectivity index (χ2n) is 2.76. The van der Waals surface area contributed by atoms with Gasteiger partial charge in [-0.1, -0.05) is 6.07 Å². The van der Waals surface area contributed by atoms with Gasteiger partial charge in [-0.2, -0.15) is 0 Å². The molecular weight excluding hydrogens is 268 g/mol. The summed E-state index contributed by atoms with van der Waals surface area (Å²) in [4.78, 5) is 21.9. The van der Waals surface area contributed by atoms with Gasteiger partial charge in [0.05, 0.1) is 16.1 Å². The summed E-state index contributed by atoms with van der Waals surface area (Å²) in [5.41, 5.74) is 0. The largest absolute Gasteiger partial charge is 0.481 e. The maximum Gasteiger partial charge on any atom is 0.313 e. The third-order valence-corrected chi connectivity index (χ3v) is 5.48. The highest BCUT2D eigenvalue weighted by atomic mass is 32.2. The molecule has 0 fully saturated rings. The van der Waals surface area contributed by atoms with E-state index in [2.05, 4.69) is 0 Å². The molecular formula is C9H10O4S3. The normalized spacial score (nSPS) is 10.6. The van der Waals surface area contributed by atoms with E-state index in [1.807, 2.05) is 17.5 Å². The Kier molecular flexibility index (Phi) is 5.72. The molecule has 0 aromatic carbocycles. The van der Waals surface area contributed by atoms with Crippen molar-refractivity contribution in [3.8, 4) is 0 Å². The number of thioether (sulfide) groups is 2. The molecule has 0 aliphatic carbocycles. The molecule has 1 aromatic rings. The number of hydrogen-bond donors (Lipinski definition) is 2. The minimum Gasteiger partial charge on any atom is -0.481 e. The van der Waals surface area contributed by atoms with Crippen LogP contribution >= 0.6 is 34.9 Å². The Bertz CT molecular complexity index is 332. The van der Waals surface area contributed by atoms with E-state index in [0.717, 1.165) is 4.88 Å². The molecule has 0 saturated carbocycles. The summed E-state index contributed by atoms with van der Waals surface area (Å²) in [5, 5.41) is 19.1. The van der Waals surface area contributed by atoms with Crippen molar-refractivity contribution in [1.29, 1.82) is 0 Å². The maximum atomic E-state index is 10.5. The van der Waals surface area contributed by atoms with Gasteiger partial charge < -0.3 is 10.2 Å². The lowest BCUT2D eigenvalue weighted by molar-refractivity contribution is -0.134. The Balaban J connectivity index is 2.55. The monoisotopic (exact) mass is 278 g/mol. The Morgan fingerprint density at radius 1 is 1.25 bits per heavy atom. The molecule has 0 spiro atoms. The van der Waals surface area contributed by atoms with Crippen LogP contribution in [0.15, 0.2) is 17.5 Å². The van der Waals surface area contributed by atoms with Gasteiger partial charge >= 0.3 is 11.9 Å². The van der Waals surface area contributed by atoms with Crippen LogP contribution in [0.4, 0.5) is 0 Å². The van der Waals surface area contributed by atoms with Crippen LogP contribution in [-0.2, 0) is 9.59 Å². The van der Waals surface area contributed by atoms with Crippen LogP contribution in [0, 0.1) is 0 Å². The molecule has 0 bridgehead atoms. The first-order chi connectivity index (χ1) is 7.59. The zero-order valence-corrected chi connectivity index (χ0v) is 10.6. The van der Waals surface area contributed by atoms with Crippen LogP contribution in [0.3, 0.4) is 0 Å². The van der Waals surface area contributed by atoms with Crippen molar-refractivity contribution in [3.63, 3.8) is 0 Å². The molecule has 1 rings (SSSR count). The molecule has 2 N–H and O–H groups in total. The van der Waals surface area contributed by atoms with Gasteiger partial charge in [-0.05, 0) is 11.4 Å². The molecule has 4 nitrogen and oxygen atoms in total. The molecule has 16 heavy (non-hydrogen) atoms. The molecule has 7 heteroatoms. The number of carbonyl (C=O) groups is 2. The van der Waals surface area contributed by atoms with E-state index in [4.69, 9.17) is 10.2 Å². The van der Waals surface area contributed by atoms with Gasteiger partial charge in [0.2, 0.25) is 0 Å². The van der Waals surface area contributed by atoms with Crippen molar-refractivity contribution in [3.05, 3.63) is 22.4 Å². The average molecular weight is 278 g/mol. The first kappa shape index (κ1) is 13.4. The highest BCUT2D eigenvalue weighted by Crippen LogP contribution is 2.41. The zero-order valence-electron chi connectivity index (χ0n) is 8.16. The lowest BCUT2D eigenvalue weighted by atomic mass is 10.5. The number of carboxylic acid groups (broad SMARTS) is 2. The minimum atomic E-state index is -0.887. The predicted octanol–water partition coefficient (Wildman–Crippen LogP) is 2.38. The number of rotatable bonds is 7. The number of aliphatic carboxylic acids is 2. The third kappa shape index (κ3) is 4.91. The van der Waals surface area contributed by atoms with E-state index >= 15 is 0 Å². The third-order valence-electron chi connectivity index (χ3n) is 1.49. The molecule has 0 aliphatic rings. The molecule has 1 aromatic heterocycles. The molecule has 0 saturated heterocycles. The molecule has 0 amide bonds. The Morgan fingerprint density at radius 3 is 2.19 bits per heavy atom. The van der Waals surface area contributed by atoms with Crippen molar-refractivity contribution >= 4 is 46.8 Å². The van der Waals surface area contributed by atoms with Gasteiger partial charge in [0.25, 0.3) is 0 Å². The van der Waals surface area contributed by atoms with Crippen molar-refractivity contribution in [2.75, 3.05) is 11.5 Å². The topological polar surface area (TPSA) is 74.6 Å². The van der Waals surface area contributed by atoms with Gasteiger partial charge in [0.15, 0.2) is 0 Å². The second-order valence-corrected chi connectivity index (χ2v) is 6.22. The molecule has 88 valence electrons. The van der Waals surface area contributed by atoms with E-state index in [1.54, 1.807) is 0 Å². The van der Waals surface area contributed by atoms with Crippen LogP contribution in [0.5, 0.6) is 0 Å². The van der Waals surface area contributed by atoms with E-state index in [-0.39, 0.29) is 16.1 Å². The summed E-state index contributed by atoms with van der Waals surface area (Å²) in [6.45, 7) is 0. The van der Waals surface area contributed by atoms with Crippen molar-refractivity contribution in [2.24, 2.45) is 0 Å². The van der Waals surface area contributed by atoms with Crippen LogP contribution < -0.4 is 0 Å². The predicted molar refractivity (Wildman–Crippen MR) is 67.2 cm³/mol. The highest BCUT2D eigenvalue weighted by Gasteiger charge is 2.16. The molecule has 0 unspecified atom stereocenters. The second kappa shape index (κ2) is 6.82. The average Bonchev–Trinajstić information content (AvgIpc) is 2.70. The zero-order chi connectivity index (χ0) is 12.0. The van der Waals surface area contributed by atoms with Crippen LogP contribution in [-0.4, -0.2) is 33.7 Å². The number of hydrogen-bond acceptors (Lipinski definition) is 5. The van der Waals surface area contributed by atoms with E-state index < -0.39 is 11.9 Å². The standard InChI is InChI=1S/C9H10O4S3/c10-7(11)4-15-9(16-5-8(12)13)6-2-1-3-14-6/h1-3,9H,4-5H2,(H,10,11)(H,12,13). The lowest BCUT2D eigenvalue weighted by Crippen LogP contribution is -2.03. The Hall–Kier alpha value is -0.660. The van der Waals surface area contributed by atoms with Crippen molar-refractivity contribution in [1.82, 2.24) is 0 Å².